The summed E-state index contributed by atoms with van der Waals surface area (Å²) in [6.07, 6.45) is 48.5. The lowest BCUT2D eigenvalue weighted by molar-refractivity contribution is -0.161. The van der Waals surface area contributed by atoms with Gasteiger partial charge in [0.15, 0.2) is 12.2 Å². The van der Waals surface area contributed by atoms with Gasteiger partial charge in [-0.05, 0) is 43.4 Å². The first-order chi connectivity index (χ1) is 44.3. The summed E-state index contributed by atoms with van der Waals surface area (Å²) in [4.78, 5) is 72.7. The smallest absolute Gasteiger partial charge is 0.462 e. The Hall–Kier alpha value is -1.94. The Bertz CT molecular complexity index is 1810. The van der Waals surface area contributed by atoms with Gasteiger partial charge >= 0.3 is 39.5 Å². The minimum atomic E-state index is -4.95. The normalized spacial score (nSPS) is 14.7. The third-order valence-electron chi connectivity index (χ3n) is 17.6. The van der Waals surface area contributed by atoms with Gasteiger partial charge < -0.3 is 33.8 Å². The standard InChI is InChI=1S/C73H142O17P2/c1-8-11-12-13-14-15-16-17-18-19-20-21-22-23-35-42-49-56-72(77)89-68(60-84-71(76)55-48-41-34-28-25-31-38-45-52-65(6)9-2)62-87-91(79,80)85-58-67(74)59-86-92(81,82)88-63-69(61-83-70(75)54-47-40-33-27-24-30-37-44-51-64(4)5)90-73(78)57-50-43-36-29-26-32-39-46-53-66(7)10-3/h64-69,74H,8-63H2,1-7H3,(H,79,80)(H,81,82)/t65?,66?,67-,68-,69-/m1/s1. The van der Waals surface area contributed by atoms with Gasteiger partial charge in [-0.15, -0.1) is 0 Å². The summed E-state index contributed by atoms with van der Waals surface area (Å²) in [6, 6.07) is 0. The number of unbranched alkanes of at least 4 members (excludes halogenated alkanes) is 37. The van der Waals surface area contributed by atoms with Crippen LogP contribution in [0.4, 0.5) is 0 Å². The highest BCUT2D eigenvalue weighted by molar-refractivity contribution is 7.47. The van der Waals surface area contributed by atoms with Crippen LogP contribution in [-0.4, -0.2) is 96.7 Å². The predicted molar refractivity (Wildman–Crippen MR) is 372 cm³/mol. The first kappa shape index (κ1) is 90.1. The van der Waals surface area contributed by atoms with Crippen molar-refractivity contribution in [1.29, 1.82) is 0 Å². The third-order valence-corrected chi connectivity index (χ3v) is 19.5. The van der Waals surface area contributed by atoms with Gasteiger partial charge in [0.2, 0.25) is 0 Å². The first-order valence-electron chi connectivity index (χ1n) is 37.9. The average molecular weight is 1350 g/mol. The Kier molecular flexibility index (Phi) is 62.4. The Balaban J connectivity index is 5.26. The van der Waals surface area contributed by atoms with Crippen LogP contribution in [0.3, 0.4) is 0 Å². The van der Waals surface area contributed by atoms with Gasteiger partial charge in [0.05, 0.1) is 26.4 Å². The van der Waals surface area contributed by atoms with Crippen molar-refractivity contribution in [2.24, 2.45) is 17.8 Å². The predicted octanol–water partition coefficient (Wildman–Crippen LogP) is 21.0. The van der Waals surface area contributed by atoms with Gasteiger partial charge in [-0.3, -0.25) is 37.3 Å². The van der Waals surface area contributed by atoms with Crippen LogP contribution in [0.2, 0.25) is 0 Å². The zero-order chi connectivity index (χ0) is 68.0. The second kappa shape index (κ2) is 63.8. The van der Waals surface area contributed by atoms with Crippen molar-refractivity contribution in [2.75, 3.05) is 39.6 Å². The molecule has 7 atom stereocenters. The van der Waals surface area contributed by atoms with Crippen molar-refractivity contribution >= 4 is 39.5 Å². The summed E-state index contributed by atoms with van der Waals surface area (Å²) < 4.78 is 68.4. The molecule has 0 aliphatic carbocycles. The molecule has 0 aromatic rings. The molecule has 0 aliphatic rings. The van der Waals surface area contributed by atoms with Gasteiger partial charge in [-0.25, -0.2) is 9.13 Å². The Labute approximate surface area is 562 Å². The fourth-order valence-corrected chi connectivity index (χ4v) is 12.6. The second-order valence-electron chi connectivity index (χ2n) is 27.3. The fraction of sp³-hybridized carbons (Fsp3) is 0.945. The lowest BCUT2D eigenvalue weighted by Crippen LogP contribution is -2.30. The topological polar surface area (TPSA) is 237 Å². The largest absolute Gasteiger partial charge is 0.472 e. The second-order valence-corrected chi connectivity index (χ2v) is 30.2. The van der Waals surface area contributed by atoms with Gasteiger partial charge in [-0.1, -0.05) is 318 Å². The molecule has 0 amide bonds. The summed E-state index contributed by atoms with van der Waals surface area (Å²) >= 11 is 0. The Morgan fingerprint density at radius 2 is 0.554 bits per heavy atom. The van der Waals surface area contributed by atoms with Crippen molar-refractivity contribution in [3.05, 3.63) is 0 Å². The lowest BCUT2D eigenvalue weighted by Gasteiger charge is -2.21. The molecule has 0 aromatic heterocycles. The highest BCUT2D eigenvalue weighted by Gasteiger charge is 2.30. The van der Waals surface area contributed by atoms with E-state index in [1.165, 1.54) is 180 Å². The van der Waals surface area contributed by atoms with Crippen LogP contribution in [0.5, 0.6) is 0 Å². The molecule has 0 aromatic carbocycles. The van der Waals surface area contributed by atoms with Crippen LogP contribution in [0.15, 0.2) is 0 Å². The Morgan fingerprint density at radius 1 is 0.315 bits per heavy atom. The van der Waals surface area contributed by atoms with Crippen molar-refractivity contribution in [1.82, 2.24) is 0 Å². The quantitative estimate of drug-likeness (QED) is 0.0222. The number of aliphatic hydroxyl groups excluding tert-OH is 1. The van der Waals surface area contributed by atoms with Gasteiger partial charge in [-0.2, -0.15) is 0 Å². The van der Waals surface area contributed by atoms with Gasteiger partial charge in [0.25, 0.3) is 0 Å². The molecule has 4 unspecified atom stereocenters. The zero-order valence-corrected chi connectivity index (χ0v) is 61.8. The minimum absolute atomic E-state index is 0.104. The van der Waals surface area contributed by atoms with E-state index in [2.05, 4.69) is 48.5 Å². The molecular formula is C73H142O17P2. The summed E-state index contributed by atoms with van der Waals surface area (Å²) in [5.74, 6) is 0.150. The first-order valence-corrected chi connectivity index (χ1v) is 40.9. The van der Waals surface area contributed by atoms with Gasteiger partial charge in [0, 0.05) is 25.7 Å². The minimum Gasteiger partial charge on any atom is -0.462 e. The van der Waals surface area contributed by atoms with Crippen LogP contribution in [0, 0.1) is 17.8 Å². The molecule has 92 heavy (non-hydrogen) atoms. The SMILES string of the molecule is CCCCCCCCCCCCCCCCCCCC(=O)O[C@H](COC(=O)CCCCCCCCCCC(C)CC)COP(=O)(O)OC[C@@H](O)COP(=O)(O)OC[C@@H](COC(=O)CCCCCCCCCCC(C)C)OC(=O)CCCCCCCCCCC(C)CC. The molecular weight excluding hydrogens is 1210 g/mol. The zero-order valence-electron chi connectivity index (χ0n) is 60.0. The third kappa shape index (κ3) is 64.1. The molecule has 19 heteroatoms. The van der Waals surface area contributed by atoms with E-state index in [-0.39, 0.29) is 25.7 Å². The maximum atomic E-state index is 13.1. The number of carbonyl (C=O) groups excluding carboxylic acids is 4. The molecule has 0 fully saturated rings. The highest BCUT2D eigenvalue weighted by Crippen LogP contribution is 2.45. The summed E-state index contributed by atoms with van der Waals surface area (Å²) in [5, 5.41) is 10.6. The summed E-state index contributed by atoms with van der Waals surface area (Å²) in [7, 11) is -9.91. The molecule has 0 heterocycles. The van der Waals surface area contributed by atoms with E-state index in [1.54, 1.807) is 0 Å². The maximum Gasteiger partial charge on any atom is 0.472 e. The molecule has 0 spiro atoms. The highest BCUT2D eigenvalue weighted by atomic mass is 31.2. The van der Waals surface area contributed by atoms with E-state index in [9.17, 15) is 43.2 Å². The van der Waals surface area contributed by atoms with E-state index in [4.69, 9.17) is 37.0 Å². The maximum absolute atomic E-state index is 13.1. The average Bonchev–Trinajstić information content (AvgIpc) is 1.42. The van der Waals surface area contributed by atoms with Crippen LogP contribution < -0.4 is 0 Å². The Morgan fingerprint density at radius 3 is 0.826 bits per heavy atom. The molecule has 0 rings (SSSR count). The van der Waals surface area contributed by atoms with Crippen LogP contribution >= 0.6 is 15.6 Å². The monoisotopic (exact) mass is 1350 g/mol. The van der Waals surface area contributed by atoms with Crippen molar-refractivity contribution < 1.29 is 80.2 Å². The lowest BCUT2D eigenvalue weighted by atomic mass is 9.99. The number of hydrogen-bond donors (Lipinski definition) is 3. The van der Waals surface area contributed by atoms with E-state index in [0.717, 1.165) is 108 Å². The van der Waals surface area contributed by atoms with Crippen molar-refractivity contribution in [3.63, 3.8) is 0 Å². The number of phosphoric ester groups is 2. The number of esters is 4. The molecule has 0 saturated heterocycles. The molecule has 0 bridgehead atoms. The molecule has 0 radical (unpaired) electrons. The molecule has 17 nitrogen and oxygen atoms in total. The van der Waals surface area contributed by atoms with E-state index >= 15 is 0 Å². The van der Waals surface area contributed by atoms with E-state index in [1.807, 2.05) is 0 Å². The number of carbonyl (C=O) groups is 4. The number of hydrogen-bond acceptors (Lipinski definition) is 15. The number of aliphatic hydroxyl groups is 1. The summed E-state index contributed by atoms with van der Waals surface area (Å²) in [5.41, 5.74) is 0. The summed E-state index contributed by atoms with van der Waals surface area (Å²) in [6.45, 7) is 11.8. The van der Waals surface area contributed by atoms with Crippen LogP contribution in [0.1, 0.15) is 370 Å². The van der Waals surface area contributed by atoms with Crippen LogP contribution in [0.25, 0.3) is 0 Å². The van der Waals surface area contributed by atoms with Crippen molar-refractivity contribution in [3.8, 4) is 0 Å². The molecule has 0 aliphatic heterocycles. The number of ether oxygens (including phenoxy) is 4. The number of phosphoric acid groups is 2. The fourth-order valence-electron chi connectivity index (χ4n) is 11.0. The van der Waals surface area contributed by atoms with E-state index < -0.39 is 97.5 Å². The molecule has 0 saturated carbocycles. The van der Waals surface area contributed by atoms with E-state index in [0.29, 0.717) is 25.7 Å². The molecule has 546 valence electrons. The molecule has 3 N–H and O–H groups in total. The van der Waals surface area contributed by atoms with Crippen LogP contribution in [-0.2, 0) is 65.4 Å². The number of rotatable bonds is 71. The van der Waals surface area contributed by atoms with Crippen molar-refractivity contribution in [2.45, 2.75) is 388 Å². The van der Waals surface area contributed by atoms with Gasteiger partial charge in [0.1, 0.15) is 19.3 Å².